The molecule has 1 heterocycles. The van der Waals surface area contributed by atoms with Gasteiger partial charge in [0.15, 0.2) is 0 Å². The Bertz CT molecular complexity index is 417. The molecule has 98 valence electrons. The lowest BCUT2D eigenvalue weighted by Crippen LogP contribution is -2.29. The molecule has 2 nitrogen and oxygen atoms in total. The molecule has 0 bridgehead atoms. The summed E-state index contributed by atoms with van der Waals surface area (Å²) < 4.78 is 1.19. The van der Waals surface area contributed by atoms with E-state index in [9.17, 15) is 0 Å². The lowest BCUT2D eigenvalue weighted by molar-refractivity contribution is 0.271. The molecule has 1 aromatic rings. The van der Waals surface area contributed by atoms with Crippen LogP contribution in [0.1, 0.15) is 30.9 Å². The van der Waals surface area contributed by atoms with Crippen LogP contribution in [0.2, 0.25) is 0 Å². The molecule has 1 aliphatic heterocycles. The fraction of sp³-hybridized carbons (Fsp3) is 0.600. The Balaban J connectivity index is 1.73. The Labute approximate surface area is 118 Å². The highest BCUT2D eigenvalue weighted by molar-refractivity contribution is 9.10. The van der Waals surface area contributed by atoms with Gasteiger partial charge < -0.3 is 5.32 Å². The zero-order valence-electron chi connectivity index (χ0n) is 10.9. The Morgan fingerprint density at radius 1 is 1.33 bits per heavy atom. The smallest absolute Gasteiger partial charge is 0.0386 e. The van der Waals surface area contributed by atoms with E-state index in [1.54, 1.807) is 0 Å². The van der Waals surface area contributed by atoms with Gasteiger partial charge in [-0.25, -0.2) is 0 Å². The summed E-state index contributed by atoms with van der Waals surface area (Å²) in [5.74, 6) is 0.755. The number of nitrogens with zero attached hydrogens (tertiary/aromatic N) is 1. The van der Waals surface area contributed by atoms with Gasteiger partial charge in [0.25, 0.3) is 0 Å². The normalized spacial score (nSPS) is 28.8. The second-order valence-electron chi connectivity index (χ2n) is 5.71. The van der Waals surface area contributed by atoms with Gasteiger partial charge in [0.2, 0.25) is 0 Å². The maximum Gasteiger partial charge on any atom is 0.0386 e. The van der Waals surface area contributed by atoms with E-state index in [4.69, 9.17) is 0 Å². The van der Waals surface area contributed by atoms with Crippen molar-refractivity contribution in [3.63, 3.8) is 0 Å². The van der Waals surface area contributed by atoms with Crippen molar-refractivity contribution in [2.45, 2.75) is 31.3 Å². The van der Waals surface area contributed by atoms with Crippen molar-refractivity contribution in [3.05, 3.63) is 34.3 Å². The van der Waals surface area contributed by atoms with E-state index >= 15 is 0 Å². The van der Waals surface area contributed by atoms with Gasteiger partial charge in [0.05, 0.1) is 0 Å². The standard InChI is InChI=1S/C15H21BrN2/c1-18-8-7-12(10-17-14-5-6-14)15(18)11-3-2-4-13(16)9-11/h2-4,9,12,14-15,17H,5-8,10H2,1H3. The predicted octanol–water partition coefficient (Wildman–Crippen LogP) is 3.19. The Morgan fingerprint density at radius 2 is 2.17 bits per heavy atom. The number of hydrogen-bond donors (Lipinski definition) is 1. The fourth-order valence-electron chi connectivity index (χ4n) is 3.06. The molecule has 1 saturated heterocycles. The van der Waals surface area contributed by atoms with Crippen molar-refractivity contribution >= 4 is 15.9 Å². The lowest BCUT2D eigenvalue weighted by atomic mass is 9.93. The number of nitrogens with one attached hydrogen (secondary N) is 1. The quantitative estimate of drug-likeness (QED) is 0.919. The Morgan fingerprint density at radius 3 is 2.89 bits per heavy atom. The number of halogens is 1. The molecule has 3 rings (SSSR count). The SMILES string of the molecule is CN1CCC(CNC2CC2)C1c1cccc(Br)c1. The summed E-state index contributed by atoms with van der Waals surface area (Å²) >= 11 is 3.59. The van der Waals surface area contributed by atoms with Crippen molar-refractivity contribution in [1.82, 2.24) is 10.2 Å². The number of hydrogen-bond acceptors (Lipinski definition) is 2. The molecule has 1 N–H and O–H groups in total. The largest absolute Gasteiger partial charge is 0.314 e. The predicted molar refractivity (Wildman–Crippen MR) is 78.6 cm³/mol. The maximum absolute atomic E-state index is 3.70. The highest BCUT2D eigenvalue weighted by Crippen LogP contribution is 2.37. The highest BCUT2D eigenvalue weighted by atomic mass is 79.9. The zero-order valence-corrected chi connectivity index (χ0v) is 12.5. The van der Waals surface area contributed by atoms with Gasteiger partial charge in [0, 0.05) is 23.1 Å². The third-order valence-electron chi connectivity index (χ3n) is 4.21. The van der Waals surface area contributed by atoms with E-state index in [0.29, 0.717) is 6.04 Å². The second kappa shape index (κ2) is 5.32. The van der Waals surface area contributed by atoms with Crippen molar-refractivity contribution in [2.24, 2.45) is 5.92 Å². The summed E-state index contributed by atoms with van der Waals surface area (Å²) in [7, 11) is 2.25. The first-order valence-corrected chi connectivity index (χ1v) is 7.72. The minimum absolute atomic E-state index is 0.578. The molecule has 2 aliphatic rings. The number of rotatable bonds is 4. The molecule has 3 heteroatoms. The van der Waals surface area contributed by atoms with E-state index < -0.39 is 0 Å². The van der Waals surface area contributed by atoms with Gasteiger partial charge in [0.1, 0.15) is 0 Å². The highest BCUT2D eigenvalue weighted by Gasteiger charge is 2.34. The molecule has 0 aromatic heterocycles. The van der Waals surface area contributed by atoms with Crippen LogP contribution < -0.4 is 5.32 Å². The summed E-state index contributed by atoms with van der Waals surface area (Å²) in [4.78, 5) is 2.50. The molecule has 2 fully saturated rings. The van der Waals surface area contributed by atoms with Crippen LogP contribution in [0.25, 0.3) is 0 Å². The molecule has 0 amide bonds. The molecule has 2 atom stereocenters. The van der Waals surface area contributed by atoms with Crippen molar-refractivity contribution in [1.29, 1.82) is 0 Å². The Hall–Kier alpha value is -0.380. The van der Waals surface area contributed by atoms with Crippen LogP contribution in [-0.4, -0.2) is 31.1 Å². The second-order valence-corrected chi connectivity index (χ2v) is 6.63. The van der Waals surface area contributed by atoms with Gasteiger partial charge in [-0.3, -0.25) is 4.90 Å². The zero-order chi connectivity index (χ0) is 12.5. The summed E-state index contributed by atoms with van der Waals surface area (Å²) in [5.41, 5.74) is 1.45. The molecule has 1 saturated carbocycles. The first-order chi connectivity index (χ1) is 8.74. The summed E-state index contributed by atoms with van der Waals surface area (Å²) in [6.07, 6.45) is 4.07. The monoisotopic (exact) mass is 308 g/mol. The average molecular weight is 309 g/mol. The van der Waals surface area contributed by atoms with E-state index in [0.717, 1.165) is 12.0 Å². The van der Waals surface area contributed by atoms with Crippen LogP contribution in [0.3, 0.4) is 0 Å². The Kier molecular flexibility index (Phi) is 3.73. The van der Waals surface area contributed by atoms with Crippen LogP contribution in [0, 0.1) is 5.92 Å². The summed E-state index contributed by atoms with van der Waals surface area (Å²) in [6.45, 7) is 2.39. The average Bonchev–Trinajstić information content (AvgIpc) is 3.10. The number of likely N-dealkylation sites (tertiary alicyclic amines) is 1. The third kappa shape index (κ3) is 2.79. The summed E-state index contributed by atoms with van der Waals surface area (Å²) in [5, 5.41) is 3.70. The van der Waals surface area contributed by atoms with Gasteiger partial charge in [-0.05, 0) is 56.5 Å². The topological polar surface area (TPSA) is 15.3 Å². The van der Waals surface area contributed by atoms with Gasteiger partial charge in [-0.1, -0.05) is 28.1 Å². The third-order valence-corrected chi connectivity index (χ3v) is 4.70. The van der Waals surface area contributed by atoms with Crippen LogP contribution in [0.4, 0.5) is 0 Å². The van der Waals surface area contributed by atoms with E-state index in [1.807, 2.05) is 0 Å². The van der Waals surface area contributed by atoms with E-state index in [-0.39, 0.29) is 0 Å². The van der Waals surface area contributed by atoms with Gasteiger partial charge in [-0.2, -0.15) is 0 Å². The number of benzene rings is 1. The van der Waals surface area contributed by atoms with E-state index in [1.165, 1.54) is 42.4 Å². The molecule has 2 unspecified atom stereocenters. The molecule has 1 aromatic carbocycles. The van der Waals surface area contributed by atoms with Crippen LogP contribution >= 0.6 is 15.9 Å². The fourth-order valence-corrected chi connectivity index (χ4v) is 3.48. The molecule has 0 spiro atoms. The van der Waals surface area contributed by atoms with Crippen LogP contribution in [0.15, 0.2) is 28.7 Å². The first-order valence-electron chi connectivity index (χ1n) is 6.93. The minimum Gasteiger partial charge on any atom is -0.314 e. The van der Waals surface area contributed by atoms with Gasteiger partial charge in [-0.15, -0.1) is 0 Å². The lowest BCUT2D eigenvalue weighted by Gasteiger charge is -2.26. The maximum atomic E-state index is 3.70. The molecule has 1 aliphatic carbocycles. The van der Waals surface area contributed by atoms with Crippen molar-refractivity contribution in [2.75, 3.05) is 20.1 Å². The van der Waals surface area contributed by atoms with Crippen LogP contribution in [0.5, 0.6) is 0 Å². The molecule has 0 radical (unpaired) electrons. The van der Waals surface area contributed by atoms with Crippen molar-refractivity contribution < 1.29 is 0 Å². The first kappa shape index (κ1) is 12.6. The minimum atomic E-state index is 0.578. The molecular weight excluding hydrogens is 288 g/mol. The molecule has 18 heavy (non-hydrogen) atoms. The molecular formula is C15H21BrN2. The van der Waals surface area contributed by atoms with Gasteiger partial charge >= 0.3 is 0 Å². The van der Waals surface area contributed by atoms with Crippen LogP contribution in [-0.2, 0) is 0 Å². The van der Waals surface area contributed by atoms with Crippen molar-refractivity contribution in [3.8, 4) is 0 Å². The van der Waals surface area contributed by atoms with E-state index in [2.05, 4.69) is 57.5 Å². The summed E-state index contributed by atoms with van der Waals surface area (Å²) in [6, 6.07) is 10.2.